The van der Waals surface area contributed by atoms with Crippen LogP contribution in [0.5, 0.6) is 0 Å². The number of nitrogens with zero attached hydrogens (tertiary/aromatic N) is 3. The quantitative estimate of drug-likeness (QED) is 0.408. The van der Waals surface area contributed by atoms with Gasteiger partial charge in [0.05, 0.1) is 21.4 Å². The number of aromatic nitrogens is 3. The van der Waals surface area contributed by atoms with Crippen molar-refractivity contribution in [2.75, 3.05) is 0 Å². The molecule has 1 unspecified atom stereocenters. The van der Waals surface area contributed by atoms with Gasteiger partial charge in [0.15, 0.2) is 0 Å². The van der Waals surface area contributed by atoms with Crippen molar-refractivity contribution < 1.29 is 9.59 Å². The lowest BCUT2D eigenvalue weighted by Gasteiger charge is -2.18. The Kier molecular flexibility index (Phi) is 8.47. The summed E-state index contributed by atoms with van der Waals surface area (Å²) in [7, 11) is 0. The first-order chi connectivity index (χ1) is 15.8. The minimum atomic E-state index is -0.657. The Morgan fingerprint density at radius 3 is 2.55 bits per heavy atom. The first-order valence-corrected chi connectivity index (χ1v) is 11.5. The highest BCUT2D eigenvalue weighted by Crippen LogP contribution is 2.27. The monoisotopic (exact) mass is 487 g/mol. The molecule has 0 fully saturated rings. The van der Waals surface area contributed by atoms with Gasteiger partial charge in [-0.1, -0.05) is 37.0 Å². The van der Waals surface area contributed by atoms with Crippen LogP contribution in [0, 0.1) is 5.92 Å². The Bertz CT molecular complexity index is 1120. The van der Waals surface area contributed by atoms with E-state index in [1.807, 2.05) is 42.8 Å². The summed E-state index contributed by atoms with van der Waals surface area (Å²) >= 11 is 12.3. The summed E-state index contributed by atoms with van der Waals surface area (Å²) in [6.45, 7) is 3.69. The van der Waals surface area contributed by atoms with E-state index < -0.39 is 11.9 Å². The molecular formula is C24H27Cl2N5O2. The maximum atomic E-state index is 12.3. The highest BCUT2D eigenvalue weighted by atomic mass is 35.5. The molecule has 0 saturated carbocycles. The summed E-state index contributed by atoms with van der Waals surface area (Å²) in [6.07, 6.45) is 5.91. The molecule has 3 aromatic rings. The smallest absolute Gasteiger partial charge is 0.240 e. The number of primary amides is 1. The highest BCUT2D eigenvalue weighted by Gasteiger charge is 2.21. The molecule has 0 aliphatic heterocycles. The van der Waals surface area contributed by atoms with Crippen molar-refractivity contribution in [3.63, 3.8) is 0 Å². The van der Waals surface area contributed by atoms with Crippen LogP contribution < -0.4 is 11.1 Å². The molecule has 0 aliphatic rings. The van der Waals surface area contributed by atoms with Crippen LogP contribution in [0.1, 0.15) is 38.8 Å². The number of hydrogen-bond donors (Lipinski definition) is 2. The van der Waals surface area contributed by atoms with Gasteiger partial charge in [0.1, 0.15) is 6.04 Å². The first kappa shape index (κ1) is 24.7. The summed E-state index contributed by atoms with van der Waals surface area (Å²) in [5.41, 5.74) is 8.85. The first-order valence-electron chi connectivity index (χ1n) is 10.8. The SMILES string of the molecule is CC(C)C(NC(=O)CCCCc1cc(-c2cccnc2)nn1-c1ccc(Cl)c(Cl)c1)C(N)=O. The predicted octanol–water partition coefficient (Wildman–Crippen LogP) is 4.58. The molecule has 0 radical (unpaired) electrons. The molecule has 2 amide bonds. The van der Waals surface area contributed by atoms with Gasteiger partial charge in [0.25, 0.3) is 0 Å². The number of hydrogen-bond acceptors (Lipinski definition) is 4. The summed E-state index contributed by atoms with van der Waals surface area (Å²) in [5.74, 6) is -0.758. The van der Waals surface area contributed by atoms with E-state index in [4.69, 9.17) is 34.0 Å². The lowest BCUT2D eigenvalue weighted by atomic mass is 10.0. The second-order valence-corrected chi connectivity index (χ2v) is 8.99. The average molecular weight is 488 g/mol. The van der Waals surface area contributed by atoms with E-state index in [1.165, 1.54) is 0 Å². The fourth-order valence-electron chi connectivity index (χ4n) is 3.50. The minimum Gasteiger partial charge on any atom is -0.368 e. The van der Waals surface area contributed by atoms with E-state index in [-0.39, 0.29) is 11.8 Å². The molecule has 1 aromatic carbocycles. The van der Waals surface area contributed by atoms with Crippen LogP contribution in [0.4, 0.5) is 0 Å². The van der Waals surface area contributed by atoms with E-state index >= 15 is 0 Å². The van der Waals surface area contributed by atoms with Gasteiger partial charge in [0.2, 0.25) is 11.8 Å². The zero-order chi connectivity index (χ0) is 24.0. The van der Waals surface area contributed by atoms with Crippen LogP contribution in [-0.2, 0) is 16.0 Å². The number of halogens is 2. The van der Waals surface area contributed by atoms with Gasteiger partial charge in [-0.15, -0.1) is 0 Å². The number of nitrogens with one attached hydrogen (secondary N) is 1. The second kappa shape index (κ2) is 11.3. The lowest BCUT2D eigenvalue weighted by molar-refractivity contribution is -0.128. The molecule has 0 saturated heterocycles. The van der Waals surface area contributed by atoms with E-state index in [0.717, 1.165) is 29.1 Å². The number of carbonyl (C=O) groups is 2. The van der Waals surface area contributed by atoms with E-state index in [0.29, 0.717) is 29.3 Å². The maximum Gasteiger partial charge on any atom is 0.240 e. The minimum absolute atomic E-state index is 0.0575. The number of rotatable bonds is 10. The molecule has 7 nitrogen and oxygen atoms in total. The normalized spacial score (nSPS) is 12.0. The number of nitrogens with two attached hydrogens (primary N) is 1. The van der Waals surface area contributed by atoms with E-state index in [2.05, 4.69) is 10.3 Å². The van der Waals surface area contributed by atoms with Gasteiger partial charge >= 0.3 is 0 Å². The predicted molar refractivity (Wildman–Crippen MR) is 130 cm³/mol. The number of pyridine rings is 1. The Balaban J connectivity index is 1.71. The van der Waals surface area contributed by atoms with E-state index in [9.17, 15) is 9.59 Å². The summed E-state index contributed by atoms with van der Waals surface area (Å²) in [6, 6.07) is 10.5. The fraction of sp³-hybridized carbons (Fsp3) is 0.333. The molecule has 0 aliphatic carbocycles. The number of amides is 2. The second-order valence-electron chi connectivity index (χ2n) is 8.17. The van der Waals surface area contributed by atoms with Crippen LogP contribution in [0.25, 0.3) is 16.9 Å². The van der Waals surface area contributed by atoms with Crippen molar-refractivity contribution in [2.24, 2.45) is 11.7 Å². The van der Waals surface area contributed by atoms with Crippen LogP contribution >= 0.6 is 23.2 Å². The molecule has 2 aromatic heterocycles. The van der Waals surface area contributed by atoms with Crippen molar-refractivity contribution in [1.82, 2.24) is 20.1 Å². The van der Waals surface area contributed by atoms with Crippen molar-refractivity contribution in [3.8, 4) is 16.9 Å². The molecular weight excluding hydrogens is 461 g/mol. The molecule has 3 rings (SSSR count). The third-order valence-corrected chi connectivity index (χ3v) is 6.00. The Labute approximate surface area is 203 Å². The highest BCUT2D eigenvalue weighted by molar-refractivity contribution is 6.42. The standard InChI is InChI=1S/C24H27Cl2N5O2/c1-15(2)23(24(27)33)29-22(32)8-4-3-7-17-13-21(16-6-5-11-28-14-16)30-31(17)18-9-10-19(25)20(26)12-18/h5-6,9-15,23H,3-4,7-8H2,1-2H3,(H2,27,33)(H,29,32). The Hall–Kier alpha value is -2.90. The van der Waals surface area contributed by atoms with Crippen molar-refractivity contribution in [2.45, 2.75) is 45.6 Å². The molecule has 33 heavy (non-hydrogen) atoms. The fourth-order valence-corrected chi connectivity index (χ4v) is 3.79. The van der Waals surface area contributed by atoms with Gasteiger partial charge in [-0.05, 0) is 61.6 Å². The molecule has 9 heteroatoms. The summed E-state index contributed by atoms with van der Waals surface area (Å²) in [5, 5.41) is 8.41. The van der Waals surface area contributed by atoms with Gasteiger partial charge in [-0.25, -0.2) is 4.68 Å². The van der Waals surface area contributed by atoms with Crippen molar-refractivity contribution >= 4 is 35.0 Å². The third kappa shape index (κ3) is 6.55. The van der Waals surface area contributed by atoms with Crippen molar-refractivity contribution in [1.29, 1.82) is 0 Å². The Morgan fingerprint density at radius 2 is 1.91 bits per heavy atom. The molecule has 174 valence electrons. The van der Waals surface area contributed by atoms with Crippen LogP contribution in [-0.4, -0.2) is 32.6 Å². The molecule has 2 heterocycles. The Morgan fingerprint density at radius 1 is 1.12 bits per heavy atom. The number of aryl methyl sites for hydroxylation is 1. The lowest BCUT2D eigenvalue weighted by Crippen LogP contribution is -2.47. The van der Waals surface area contributed by atoms with Crippen LogP contribution in [0.3, 0.4) is 0 Å². The van der Waals surface area contributed by atoms with Crippen LogP contribution in [0.2, 0.25) is 10.0 Å². The number of benzene rings is 1. The number of unbranched alkanes of at least 4 members (excludes halogenated alkanes) is 1. The summed E-state index contributed by atoms with van der Waals surface area (Å²) < 4.78 is 1.84. The molecule has 0 spiro atoms. The van der Waals surface area contributed by atoms with Gasteiger partial charge < -0.3 is 11.1 Å². The molecule has 1 atom stereocenters. The maximum absolute atomic E-state index is 12.3. The topological polar surface area (TPSA) is 103 Å². The van der Waals surface area contributed by atoms with Gasteiger partial charge in [0, 0.05) is 30.1 Å². The molecule has 0 bridgehead atoms. The van der Waals surface area contributed by atoms with Crippen molar-refractivity contribution in [3.05, 3.63) is 64.5 Å². The largest absolute Gasteiger partial charge is 0.368 e. The van der Waals surface area contributed by atoms with Crippen LogP contribution in [0.15, 0.2) is 48.8 Å². The van der Waals surface area contributed by atoms with E-state index in [1.54, 1.807) is 24.5 Å². The zero-order valence-electron chi connectivity index (χ0n) is 18.6. The summed E-state index contributed by atoms with van der Waals surface area (Å²) in [4.78, 5) is 27.9. The average Bonchev–Trinajstić information content (AvgIpc) is 3.21. The molecule has 3 N–H and O–H groups in total. The van der Waals surface area contributed by atoms with Gasteiger partial charge in [-0.3, -0.25) is 14.6 Å². The number of carbonyl (C=O) groups excluding carboxylic acids is 2. The third-order valence-electron chi connectivity index (χ3n) is 5.26. The van der Waals surface area contributed by atoms with Gasteiger partial charge in [-0.2, -0.15) is 5.10 Å². The zero-order valence-corrected chi connectivity index (χ0v) is 20.1.